The van der Waals surface area contributed by atoms with Crippen LogP contribution in [0.4, 0.5) is 4.39 Å². The van der Waals surface area contributed by atoms with Crippen LogP contribution in [-0.2, 0) is 24.8 Å². The lowest BCUT2D eigenvalue weighted by Crippen LogP contribution is -2.31. The molecule has 0 atom stereocenters. The van der Waals surface area contributed by atoms with Crippen LogP contribution in [0.2, 0.25) is 0 Å². The average Bonchev–Trinajstić information content (AvgIpc) is 3.28. The number of hydrogen-bond acceptors (Lipinski definition) is 8. The molecule has 0 aliphatic rings. The molecular weight excluding hydrogens is 447 g/mol. The number of thiazole rings is 1. The van der Waals surface area contributed by atoms with Gasteiger partial charge in [-0.15, -0.1) is 11.3 Å². The van der Waals surface area contributed by atoms with Gasteiger partial charge in [0.1, 0.15) is 16.4 Å². The highest BCUT2D eigenvalue weighted by atomic mass is 32.1. The highest BCUT2D eigenvalue weighted by Crippen LogP contribution is 2.32. The van der Waals surface area contributed by atoms with E-state index >= 15 is 0 Å². The molecule has 1 amide bonds. The highest BCUT2D eigenvalue weighted by Gasteiger charge is 2.20. The van der Waals surface area contributed by atoms with Crippen LogP contribution in [0.3, 0.4) is 0 Å². The molecular formula is C21H25FN8O2S. The smallest absolute Gasteiger partial charge is 0.291 e. The Morgan fingerprint density at radius 1 is 1.45 bits per heavy atom. The molecule has 0 aliphatic carbocycles. The first kappa shape index (κ1) is 23.9. The first-order valence-corrected chi connectivity index (χ1v) is 10.8. The number of rotatable bonds is 9. The summed E-state index contributed by atoms with van der Waals surface area (Å²) in [6.45, 7) is 6.14. The van der Waals surface area contributed by atoms with Gasteiger partial charge < -0.3 is 26.3 Å². The van der Waals surface area contributed by atoms with Gasteiger partial charge >= 0.3 is 0 Å². The van der Waals surface area contributed by atoms with Crippen LogP contribution in [-0.4, -0.2) is 49.4 Å². The van der Waals surface area contributed by atoms with E-state index in [0.29, 0.717) is 33.7 Å². The maximum Gasteiger partial charge on any atom is 0.291 e. The van der Waals surface area contributed by atoms with Crippen molar-refractivity contribution in [1.82, 2.24) is 24.2 Å². The number of primary amides is 1. The minimum absolute atomic E-state index is 0.186. The minimum Gasteiger partial charge on any atom is -0.404 e. The molecule has 174 valence electrons. The second-order valence-electron chi connectivity index (χ2n) is 7.44. The first-order chi connectivity index (χ1) is 15.6. The molecule has 3 rings (SSSR count). The monoisotopic (exact) mass is 472 g/mol. The molecule has 0 saturated carbocycles. The second kappa shape index (κ2) is 9.36. The fourth-order valence-corrected chi connectivity index (χ4v) is 4.38. The van der Waals surface area contributed by atoms with E-state index in [9.17, 15) is 14.0 Å². The number of hydrogen-bond donors (Lipinski definition) is 3. The predicted octanol–water partition coefficient (Wildman–Crippen LogP) is 1.55. The number of halogens is 1. The molecule has 0 fully saturated rings. The van der Waals surface area contributed by atoms with E-state index in [-0.39, 0.29) is 24.3 Å². The van der Waals surface area contributed by atoms with Crippen LogP contribution in [0.5, 0.6) is 0 Å². The van der Waals surface area contributed by atoms with Crippen molar-refractivity contribution in [3.8, 4) is 0 Å². The predicted molar refractivity (Wildman–Crippen MR) is 128 cm³/mol. The molecule has 0 bridgehead atoms. The summed E-state index contributed by atoms with van der Waals surface area (Å²) in [5.74, 6) is -1.26. The molecule has 3 aromatic rings. The molecule has 5 N–H and O–H groups in total. The van der Waals surface area contributed by atoms with Gasteiger partial charge in [0.05, 0.1) is 28.7 Å². The van der Waals surface area contributed by atoms with Gasteiger partial charge in [0.25, 0.3) is 11.5 Å². The van der Waals surface area contributed by atoms with Gasteiger partial charge in [0.15, 0.2) is 5.65 Å². The summed E-state index contributed by atoms with van der Waals surface area (Å²) in [5, 5.41) is 13.4. The number of carbonyl (C=O) groups excluding carboxylic acids is 1. The van der Waals surface area contributed by atoms with Gasteiger partial charge in [0, 0.05) is 44.8 Å². The molecule has 0 unspecified atom stereocenters. The van der Waals surface area contributed by atoms with Crippen LogP contribution in [0.1, 0.15) is 11.9 Å². The Labute approximate surface area is 192 Å². The summed E-state index contributed by atoms with van der Waals surface area (Å²) in [4.78, 5) is 30.7. The zero-order valence-corrected chi connectivity index (χ0v) is 19.4. The fourth-order valence-electron chi connectivity index (χ4n) is 3.23. The third kappa shape index (κ3) is 4.55. The molecule has 3 heterocycles. The number of aryl methyl sites for hydroxylation is 1. The number of allylic oxidation sites excluding steroid dienone is 2. The second-order valence-corrected chi connectivity index (χ2v) is 8.53. The topological polar surface area (TPSA) is 149 Å². The summed E-state index contributed by atoms with van der Waals surface area (Å²) >= 11 is 1.34. The molecule has 12 heteroatoms. The van der Waals surface area contributed by atoms with E-state index in [1.165, 1.54) is 23.7 Å². The Morgan fingerprint density at radius 3 is 2.76 bits per heavy atom. The maximum atomic E-state index is 14.3. The average molecular weight is 473 g/mol. The van der Waals surface area contributed by atoms with Crippen molar-refractivity contribution < 1.29 is 9.18 Å². The van der Waals surface area contributed by atoms with Gasteiger partial charge in [-0.05, 0) is 12.5 Å². The lowest BCUT2D eigenvalue weighted by atomic mass is 10.1. The molecule has 0 spiro atoms. The lowest BCUT2D eigenvalue weighted by molar-refractivity contribution is -0.114. The third-order valence-corrected chi connectivity index (χ3v) is 6.25. The van der Waals surface area contributed by atoms with Crippen molar-refractivity contribution in [2.45, 2.75) is 19.9 Å². The number of nitrogens with two attached hydrogens (primary N) is 2. The largest absolute Gasteiger partial charge is 0.404 e. The van der Waals surface area contributed by atoms with Gasteiger partial charge in [-0.1, -0.05) is 6.58 Å². The number of carbonyl (C=O) groups is 1. The van der Waals surface area contributed by atoms with Crippen molar-refractivity contribution in [2.24, 2.45) is 18.5 Å². The number of fused-ring (bicyclic) bond motifs is 3. The quantitative estimate of drug-likeness (QED) is 0.244. The van der Waals surface area contributed by atoms with Crippen molar-refractivity contribution in [2.75, 3.05) is 13.6 Å². The molecule has 0 aliphatic heterocycles. The zero-order chi connectivity index (χ0) is 24.4. The number of nitrogens with zero attached hydrogens (tertiary/aromatic N) is 5. The van der Waals surface area contributed by atoms with Gasteiger partial charge in [-0.3, -0.25) is 9.59 Å². The van der Waals surface area contributed by atoms with Crippen molar-refractivity contribution in [3.63, 3.8) is 0 Å². The van der Waals surface area contributed by atoms with Crippen LogP contribution in [0.15, 0.2) is 46.9 Å². The van der Waals surface area contributed by atoms with Crippen LogP contribution < -0.4 is 17.0 Å². The van der Waals surface area contributed by atoms with Crippen molar-refractivity contribution in [3.05, 3.63) is 57.5 Å². The summed E-state index contributed by atoms with van der Waals surface area (Å²) in [7, 11) is 3.48. The Morgan fingerprint density at radius 2 is 2.15 bits per heavy atom. The fraction of sp³-hybridized carbons (Fsp3) is 0.286. The van der Waals surface area contributed by atoms with E-state index in [4.69, 9.17) is 16.9 Å². The molecule has 10 nitrogen and oxygen atoms in total. The Kier molecular flexibility index (Phi) is 6.77. The molecule has 3 aromatic heterocycles. The van der Waals surface area contributed by atoms with Crippen molar-refractivity contribution >= 4 is 44.2 Å². The summed E-state index contributed by atoms with van der Waals surface area (Å²) in [6.07, 6.45) is 4.09. The Balaban J connectivity index is 1.96. The Bertz CT molecular complexity index is 1390. The molecule has 0 saturated heterocycles. The van der Waals surface area contributed by atoms with E-state index in [0.717, 1.165) is 15.6 Å². The lowest BCUT2D eigenvalue weighted by Gasteiger charge is -2.11. The summed E-state index contributed by atoms with van der Waals surface area (Å²) in [5.41, 5.74) is 10.9. The molecule has 33 heavy (non-hydrogen) atoms. The van der Waals surface area contributed by atoms with Crippen molar-refractivity contribution in [1.29, 1.82) is 5.41 Å². The normalized spacial score (nSPS) is 12.5. The molecule has 0 aromatic carbocycles. The first-order valence-electron chi connectivity index (χ1n) is 9.98. The maximum absolute atomic E-state index is 14.3. The SMILES string of the molecule is C=C(Cc1nc2c(s1)c1cnn(CC(=N)/C(=C\N)C(N)=O)c(=O)c1n2C)/C(F)=C\N(C)CC. The van der Waals surface area contributed by atoms with E-state index in [1.807, 2.05) is 6.92 Å². The van der Waals surface area contributed by atoms with Crippen LogP contribution in [0, 0.1) is 5.41 Å². The van der Waals surface area contributed by atoms with E-state index in [2.05, 4.69) is 16.7 Å². The van der Waals surface area contributed by atoms with Crippen LogP contribution >= 0.6 is 11.3 Å². The number of nitrogens with one attached hydrogen (secondary N) is 1. The summed E-state index contributed by atoms with van der Waals surface area (Å²) in [6, 6.07) is 0. The minimum atomic E-state index is -0.859. The Hall–Kier alpha value is -3.80. The van der Waals surface area contributed by atoms with E-state index < -0.39 is 17.3 Å². The number of aromatic nitrogens is 4. The van der Waals surface area contributed by atoms with E-state index in [1.54, 1.807) is 23.6 Å². The van der Waals surface area contributed by atoms with Gasteiger partial charge in [0.2, 0.25) is 0 Å². The highest BCUT2D eigenvalue weighted by molar-refractivity contribution is 7.19. The number of amides is 1. The van der Waals surface area contributed by atoms with Crippen LogP contribution in [0.25, 0.3) is 21.3 Å². The summed E-state index contributed by atoms with van der Waals surface area (Å²) < 4.78 is 17.8. The standard InChI is InChI=1S/C21H25FN8O2S/c1-5-28(3)9-14(22)11(2)6-16-27-20-18(33-16)13-8-26-30(21(32)17(13)29(20)4)10-15(24)12(7-23)19(25)31/h7-9,24H,2,5-6,10,23H2,1,3-4H3,(H2,25,31)/b12-7+,14-9+,24-15?. The molecule has 0 radical (unpaired) electrons. The van der Waals surface area contributed by atoms with Gasteiger partial charge in [-0.25, -0.2) is 14.1 Å². The zero-order valence-electron chi connectivity index (χ0n) is 18.6. The van der Waals surface area contributed by atoms with Gasteiger partial charge in [-0.2, -0.15) is 5.10 Å². The third-order valence-electron chi connectivity index (χ3n) is 5.17.